The Kier molecular flexibility index (Phi) is 5.72. The Hall–Kier alpha value is -0.700. The van der Waals surface area contributed by atoms with Crippen LogP contribution >= 0.6 is 0 Å². The number of aliphatic carboxylic acids is 1. The summed E-state index contributed by atoms with van der Waals surface area (Å²) in [6.07, 6.45) is 1.05. The molecule has 1 aliphatic heterocycles. The van der Waals surface area contributed by atoms with E-state index >= 15 is 0 Å². The molecule has 0 aromatic rings. The minimum Gasteiger partial charge on any atom is -0.481 e. The van der Waals surface area contributed by atoms with Gasteiger partial charge in [-0.15, -0.1) is 0 Å². The molecule has 1 aliphatic rings. The van der Waals surface area contributed by atoms with Gasteiger partial charge < -0.3 is 10.2 Å². The molecule has 0 aromatic heterocycles. The first kappa shape index (κ1) is 16.4. The predicted octanol–water partition coefficient (Wildman–Crippen LogP) is -0.269. The van der Waals surface area contributed by atoms with Gasteiger partial charge in [0.15, 0.2) is 0 Å². The van der Waals surface area contributed by atoms with Gasteiger partial charge in [0.2, 0.25) is 0 Å². The molecule has 0 bridgehead atoms. The zero-order chi connectivity index (χ0) is 14.6. The molecular formula is C11H22N2O5S. The van der Waals surface area contributed by atoms with Crippen molar-refractivity contribution in [2.75, 3.05) is 26.2 Å². The van der Waals surface area contributed by atoms with E-state index < -0.39 is 22.1 Å². The van der Waals surface area contributed by atoms with Crippen LogP contribution in [-0.4, -0.2) is 65.5 Å². The van der Waals surface area contributed by atoms with Gasteiger partial charge in [-0.25, -0.2) is 0 Å². The third-order valence-corrected chi connectivity index (χ3v) is 5.43. The monoisotopic (exact) mass is 294 g/mol. The SMILES string of the molecule is CC(C)N(CCO)S(=O)(=O)N1CCCC(C(=O)O)C1. The topological polar surface area (TPSA) is 98.2 Å². The second-order valence-corrected chi connectivity index (χ2v) is 6.85. The molecule has 112 valence electrons. The molecule has 0 saturated carbocycles. The quantitative estimate of drug-likeness (QED) is 0.703. The first-order chi connectivity index (χ1) is 8.80. The first-order valence-electron chi connectivity index (χ1n) is 6.41. The number of aliphatic hydroxyl groups is 1. The number of hydrogen-bond acceptors (Lipinski definition) is 4. The molecule has 19 heavy (non-hydrogen) atoms. The summed E-state index contributed by atoms with van der Waals surface area (Å²) in [5.74, 6) is -1.61. The van der Waals surface area contributed by atoms with Crippen LogP contribution in [0, 0.1) is 5.92 Å². The first-order valence-corrected chi connectivity index (χ1v) is 7.81. The van der Waals surface area contributed by atoms with Gasteiger partial charge >= 0.3 is 5.97 Å². The largest absolute Gasteiger partial charge is 0.481 e. The molecule has 2 N–H and O–H groups in total. The number of carbonyl (C=O) groups is 1. The van der Waals surface area contributed by atoms with E-state index in [0.717, 1.165) is 0 Å². The van der Waals surface area contributed by atoms with Crippen LogP contribution in [0.2, 0.25) is 0 Å². The molecule has 1 unspecified atom stereocenters. The number of piperidine rings is 1. The van der Waals surface area contributed by atoms with E-state index in [9.17, 15) is 13.2 Å². The summed E-state index contributed by atoms with van der Waals surface area (Å²) < 4.78 is 27.3. The van der Waals surface area contributed by atoms with Gasteiger partial charge in [-0.2, -0.15) is 17.0 Å². The summed E-state index contributed by atoms with van der Waals surface area (Å²) in [5.41, 5.74) is 0. The third-order valence-electron chi connectivity index (χ3n) is 3.25. The molecule has 0 aromatic carbocycles. The fourth-order valence-corrected chi connectivity index (χ4v) is 4.11. The van der Waals surface area contributed by atoms with Gasteiger partial charge in [-0.3, -0.25) is 4.79 Å². The maximum absolute atomic E-state index is 12.4. The van der Waals surface area contributed by atoms with Crippen molar-refractivity contribution in [3.05, 3.63) is 0 Å². The lowest BCUT2D eigenvalue weighted by molar-refractivity contribution is -0.142. The molecule has 0 amide bonds. The number of rotatable bonds is 6. The summed E-state index contributed by atoms with van der Waals surface area (Å²) in [5, 5.41) is 18.0. The third kappa shape index (κ3) is 3.88. The summed E-state index contributed by atoms with van der Waals surface area (Å²) >= 11 is 0. The molecule has 1 saturated heterocycles. The van der Waals surface area contributed by atoms with E-state index in [4.69, 9.17) is 10.2 Å². The molecule has 1 heterocycles. The van der Waals surface area contributed by atoms with Gasteiger partial charge in [0, 0.05) is 25.7 Å². The number of aliphatic hydroxyl groups excluding tert-OH is 1. The average Bonchev–Trinajstić information content (AvgIpc) is 2.35. The summed E-state index contributed by atoms with van der Waals surface area (Å²) in [7, 11) is -3.71. The van der Waals surface area contributed by atoms with Crippen LogP contribution in [0.1, 0.15) is 26.7 Å². The Labute approximate surface area is 114 Å². The number of nitrogens with zero attached hydrogens (tertiary/aromatic N) is 2. The van der Waals surface area contributed by atoms with Crippen molar-refractivity contribution in [2.45, 2.75) is 32.7 Å². The molecule has 8 heteroatoms. The van der Waals surface area contributed by atoms with Gasteiger partial charge in [0.25, 0.3) is 10.2 Å². The van der Waals surface area contributed by atoms with Crippen LogP contribution in [-0.2, 0) is 15.0 Å². The Morgan fingerprint density at radius 2 is 2.11 bits per heavy atom. The predicted molar refractivity (Wildman–Crippen MR) is 69.8 cm³/mol. The fourth-order valence-electron chi connectivity index (χ4n) is 2.24. The van der Waals surface area contributed by atoms with Crippen molar-refractivity contribution in [1.82, 2.24) is 8.61 Å². The Morgan fingerprint density at radius 3 is 2.58 bits per heavy atom. The molecule has 7 nitrogen and oxygen atoms in total. The van der Waals surface area contributed by atoms with Crippen LogP contribution in [0.5, 0.6) is 0 Å². The smallest absolute Gasteiger partial charge is 0.307 e. The molecule has 0 radical (unpaired) electrons. The number of carboxylic acid groups (broad SMARTS) is 1. The number of carboxylic acids is 1. The van der Waals surface area contributed by atoms with Gasteiger partial charge in [0.05, 0.1) is 12.5 Å². The summed E-state index contributed by atoms with van der Waals surface area (Å²) in [4.78, 5) is 11.0. The lowest BCUT2D eigenvalue weighted by Crippen LogP contribution is -2.51. The van der Waals surface area contributed by atoms with Crippen molar-refractivity contribution in [3.8, 4) is 0 Å². The van der Waals surface area contributed by atoms with Crippen molar-refractivity contribution < 1.29 is 23.4 Å². The van der Waals surface area contributed by atoms with E-state index in [1.807, 2.05) is 0 Å². The fraction of sp³-hybridized carbons (Fsp3) is 0.909. The minimum atomic E-state index is -3.71. The highest BCUT2D eigenvalue weighted by Crippen LogP contribution is 2.22. The van der Waals surface area contributed by atoms with Crippen LogP contribution in [0.4, 0.5) is 0 Å². The van der Waals surface area contributed by atoms with Crippen molar-refractivity contribution >= 4 is 16.2 Å². The van der Waals surface area contributed by atoms with Gasteiger partial charge in [0.1, 0.15) is 0 Å². The second kappa shape index (κ2) is 6.65. The molecule has 1 rings (SSSR count). The Balaban J connectivity index is 2.88. The van der Waals surface area contributed by atoms with Crippen molar-refractivity contribution in [2.24, 2.45) is 5.92 Å². The highest BCUT2D eigenvalue weighted by Gasteiger charge is 2.36. The Morgan fingerprint density at radius 1 is 1.47 bits per heavy atom. The molecular weight excluding hydrogens is 272 g/mol. The van der Waals surface area contributed by atoms with E-state index in [-0.39, 0.29) is 25.7 Å². The van der Waals surface area contributed by atoms with Crippen LogP contribution < -0.4 is 0 Å². The minimum absolute atomic E-state index is 0.00627. The van der Waals surface area contributed by atoms with E-state index in [0.29, 0.717) is 19.4 Å². The lowest BCUT2D eigenvalue weighted by atomic mass is 10.0. The zero-order valence-electron chi connectivity index (χ0n) is 11.3. The normalized spacial score (nSPS) is 22.1. The average molecular weight is 294 g/mol. The lowest BCUT2D eigenvalue weighted by Gasteiger charge is -2.35. The van der Waals surface area contributed by atoms with Gasteiger partial charge in [-0.05, 0) is 26.7 Å². The zero-order valence-corrected chi connectivity index (χ0v) is 12.1. The van der Waals surface area contributed by atoms with Crippen LogP contribution in [0.25, 0.3) is 0 Å². The maximum Gasteiger partial charge on any atom is 0.307 e. The number of hydrogen-bond donors (Lipinski definition) is 2. The van der Waals surface area contributed by atoms with E-state index in [2.05, 4.69) is 0 Å². The van der Waals surface area contributed by atoms with Gasteiger partial charge in [-0.1, -0.05) is 0 Å². The highest BCUT2D eigenvalue weighted by atomic mass is 32.2. The highest BCUT2D eigenvalue weighted by molar-refractivity contribution is 7.86. The molecule has 1 atom stereocenters. The standard InChI is InChI=1S/C11H22N2O5S/c1-9(2)13(6-7-14)19(17,18)12-5-3-4-10(8-12)11(15)16/h9-10,14H,3-8H2,1-2H3,(H,15,16). The van der Waals surface area contributed by atoms with Crippen LogP contribution in [0.15, 0.2) is 0 Å². The van der Waals surface area contributed by atoms with Crippen molar-refractivity contribution in [1.29, 1.82) is 0 Å². The van der Waals surface area contributed by atoms with Crippen LogP contribution in [0.3, 0.4) is 0 Å². The summed E-state index contributed by atoms with van der Waals surface area (Å²) in [6.45, 7) is 3.56. The van der Waals surface area contributed by atoms with Crippen molar-refractivity contribution in [3.63, 3.8) is 0 Å². The second-order valence-electron chi connectivity index (χ2n) is 4.97. The molecule has 0 aliphatic carbocycles. The Bertz CT molecular complexity index is 409. The molecule has 0 spiro atoms. The van der Waals surface area contributed by atoms with E-state index in [1.54, 1.807) is 13.8 Å². The summed E-state index contributed by atoms with van der Waals surface area (Å²) in [6, 6.07) is -0.276. The van der Waals surface area contributed by atoms with E-state index in [1.165, 1.54) is 8.61 Å². The molecule has 1 fully saturated rings. The maximum atomic E-state index is 12.4.